The summed E-state index contributed by atoms with van der Waals surface area (Å²) in [6, 6.07) is 5.70. The molecule has 0 unspecified atom stereocenters. The standard InChI is InChI=1S/C13H8ClF3N2O2S/c14-8-6-7(13(15,16)17)3-4-9(8)18-12(22)19-11(20)10-2-1-5-21-10/h1-6H,(H2,18,19,20,22). The molecule has 0 aliphatic rings. The maximum Gasteiger partial charge on any atom is 0.416 e. The Labute approximate surface area is 133 Å². The van der Waals surface area contributed by atoms with E-state index in [0.717, 1.165) is 18.2 Å². The summed E-state index contributed by atoms with van der Waals surface area (Å²) in [6.07, 6.45) is -3.17. The van der Waals surface area contributed by atoms with Crippen LogP contribution in [0.3, 0.4) is 0 Å². The Morgan fingerprint density at radius 2 is 2.00 bits per heavy atom. The van der Waals surface area contributed by atoms with Crippen molar-refractivity contribution in [2.45, 2.75) is 6.18 Å². The van der Waals surface area contributed by atoms with Crippen molar-refractivity contribution in [2.75, 3.05) is 5.32 Å². The first-order valence-electron chi connectivity index (χ1n) is 5.80. The zero-order chi connectivity index (χ0) is 16.3. The fourth-order valence-electron chi connectivity index (χ4n) is 1.52. The number of carbonyl (C=O) groups excluding carboxylic acids is 1. The summed E-state index contributed by atoms with van der Waals surface area (Å²) in [4.78, 5) is 11.7. The number of halogens is 4. The molecule has 0 radical (unpaired) electrons. The molecule has 2 rings (SSSR count). The van der Waals surface area contributed by atoms with Gasteiger partial charge in [-0.1, -0.05) is 11.6 Å². The summed E-state index contributed by atoms with van der Waals surface area (Å²) in [5.74, 6) is -0.548. The minimum absolute atomic E-state index is 0.0441. The lowest BCUT2D eigenvalue weighted by molar-refractivity contribution is -0.137. The van der Waals surface area contributed by atoms with Crippen LogP contribution in [0, 0.1) is 0 Å². The Morgan fingerprint density at radius 3 is 2.55 bits per heavy atom. The molecule has 2 N–H and O–H groups in total. The van der Waals surface area contributed by atoms with Crippen molar-refractivity contribution in [3.8, 4) is 0 Å². The summed E-state index contributed by atoms with van der Waals surface area (Å²) in [5, 5.41) is 4.55. The van der Waals surface area contributed by atoms with Gasteiger partial charge in [0.2, 0.25) is 0 Å². The molecular formula is C13H8ClF3N2O2S. The maximum atomic E-state index is 12.5. The molecule has 0 saturated heterocycles. The molecule has 1 aromatic carbocycles. The number of benzene rings is 1. The van der Waals surface area contributed by atoms with Gasteiger partial charge in [-0.25, -0.2) is 0 Å². The average Bonchev–Trinajstić information content (AvgIpc) is 2.93. The first kappa shape index (κ1) is 16.3. The van der Waals surface area contributed by atoms with Crippen LogP contribution in [0.1, 0.15) is 16.1 Å². The molecular weight excluding hydrogens is 341 g/mol. The number of rotatable bonds is 2. The van der Waals surface area contributed by atoms with Crippen molar-refractivity contribution in [3.05, 3.63) is 52.9 Å². The van der Waals surface area contributed by atoms with E-state index < -0.39 is 17.6 Å². The fourth-order valence-corrected chi connectivity index (χ4v) is 1.95. The van der Waals surface area contributed by atoms with E-state index in [9.17, 15) is 18.0 Å². The van der Waals surface area contributed by atoms with E-state index in [0.29, 0.717) is 0 Å². The van der Waals surface area contributed by atoms with E-state index in [4.69, 9.17) is 28.2 Å². The second kappa shape index (κ2) is 6.37. The highest BCUT2D eigenvalue weighted by Crippen LogP contribution is 2.33. The molecule has 2 aromatic rings. The molecule has 0 fully saturated rings. The molecule has 0 bridgehead atoms. The molecule has 1 heterocycles. The lowest BCUT2D eigenvalue weighted by Gasteiger charge is -2.12. The smallest absolute Gasteiger partial charge is 0.416 e. The maximum absolute atomic E-state index is 12.5. The number of amides is 1. The second-order valence-electron chi connectivity index (χ2n) is 4.08. The monoisotopic (exact) mass is 348 g/mol. The summed E-state index contributed by atoms with van der Waals surface area (Å²) in [5.41, 5.74) is -0.743. The van der Waals surface area contributed by atoms with E-state index in [1.54, 1.807) is 0 Å². The van der Waals surface area contributed by atoms with Gasteiger partial charge in [-0.05, 0) is 42.5 Å². The van der Waals surface area contributed by atoms with Crippen LogP contribution in [0.25, 0.3) is 0 Å². The van der Waals surface area contributed by atoms with Gasteiger partial charge in [0.25, 0.3) is 5.91 Å². The van der Waals surface area contributed by atoms with E-state index in [1.807, 2.05) is 0 Å². The van der Waals surface area contributed by atoms with E-state index in [-0.39, 0.29) is 21.6 Å². The van der Waals surface area contributed by atoms with Crippen molar-refractivity contribution in [1.29, 1.82) is 0 Å². The third-order valence-corrected chi connectivity index (χ3v) is 3.03. The number of furan rings is 1. The van der Waals surface area contributed by atoms with Crippen molar-refractivity contribution in [3.63, 3.8) is 0 Å². The fraction of sp³-hybridized carbons (Fsp3) is 0.0769. The summed E-state index contributed by atoms with van der Waals surface area (Å²) < 4.78 is 42.4. The summed E-state index contributed by atoms with van der Waals surface area (Å²) >= 11 is 10.6. The quantitative estimate of drug-likeness (QED) is 0.803. The van der Waals surface area contributed by atoms with Gasteiger partial charge in [-0.2, -0.15) is 13.2 Å². The summed E-state index contributed by atoms with van der Waals surface area (Å²) in [7, 11) is 0. The van der Waals surface area contributed by atoms with Crippen LogP contribution >= 0.6 is 23.8 Å². The SMILES string of the molecule is O=C(NC(=S)Nc1ccc(C(F)(F)F)cc1Cl)c1ccco1. The average molecular weight is 349 g/mol. The third kappa shape index (κ3) is 3.99. The van der Waals surface area contributed by atoms with E-state index in [1.165, 1.54) is 18.4 Å². The van der Waals surface area contributed by atoms with Gasteiger partial charge in [0, 0.05) is 0 Å². The Morgan fingerprint density at radius 1 is 1.27 bits per heavy atom. The van der Waals surface area contributed by atoms with Crippen LogP contribution < -0.4 is 10.6 Å². The first-order chi connectivity index (χ1) is 10.3. The molecule has 1 amide bonds. The molecule has 0 atom stereocenters. The lowest BCUT2D eigenvalue weighted by atomic mass is 10.2. The molecule has 0 aliphatic heterocycles. The minimum Gasteiger partial charge on any atom is -0.459 e. The molecule has 4 nitrogen and oxygen atoms in total. The number of alkyl halides is 3. The van der Waals surface area contributed by atoms with Crippen LogP contribution in [0.2, 0.25) is 5.02 Å². The van der Waals surface area contributed by atoms with Crippen molar-refractivity contribution < 1.29 is 22.4 Å². The third-order valence-electron chi connectivity index (χ3n) is 2.52. The molecule has 0 saturated carbocycles. The van der Waals surface area contributed by atoms with Gasteiger partial charge in [0.1, 0.15) is 0 Å². The topological polar surface area (TPSA) is 54.3 Å². The normalized spacial score (nSPS) is 11.1. The second-order valence-corrected chi connectivity index (χ2v) is 4.89. The number of anilines is 1. The lowest BCUT2D eigenvalue weighted by Crippen LogP contribution is -2.34. The largest absolute Gasteiger partial charge is 0.459 e. The Kier molecular flexibility index (Phi) is 4.72. The molecule has 9 heteroatoms. The Bertz CT molecular complexity index is 702. The molecule has 0 aliphatic carbocycles. The highest BCUT2D eigenvalue weighted by molar-refractivity contribution is 7.80. The van der Waals surface area contributed by atoms with Gasteiger partial charge >= 0.3 is 6.18 Å². The number of nitrogens with one attached hydrogen (secondary N) is 2. The predicted molar refractivity (Wildman–Crippen MR) is 78.8 cm³/mol. The summed E-state index contributed by atoms with van der Waals surface area (Å²) in [6.45, 7) is 0. The number of hydrogen-bond donors (Lipinski definition) is 2. The van der Waals surface area contributed by atoms with Crippen LogP contribution in [0.5, 0.6) is 0 Å². The molecule has 22 heavy (non-hydrogen) atoms. The zero-order valence-electron chi connectivity index (χ0n) is 10.7. The van der Waals surface area contributed by atoms with Gasteiger partial charge < -0.3 is 9.73 Å². The van der Waals surface area contributed by atoms with Crippen molar-refractivity contribution >= 4 is 40.5 Å². The van der Waals surface area contributed by atoms with Crippen LogP contribution in [-0.2, 0) is 6.18 Å². The number of carbonyl (C=O) groups is 1. The molecule has 1 aromatic heterocycles. The minimum atomic E-state index is -4.49. The first-order valence-corrected chi connectivity index (χ1v) is 6.58. The van der Waals surface area contributed by atoms with Crippen LogP contribution in [-0.4, -0.2) is 11.0 Å². The Hall–Kier alpha value is -2.06. The highest BCUT2D eigenvalue weighted by Gasteiger charge is 2.30. The van der Waals surface area contributed by atoms with E-state index >= 15 is 0 Å². The van der Waals surface area contributed by atoms with E-state index in [2.05, 4.69) is 10.6 Å². The molecule has 116 valence electrons. The van der Waals surface area contributed by atoms with Crippen LogP contribution in [0.15, 0.2) is 41.0 Å². The van der Waals surface area contributed by atoms with Gasteiger partial charge in [0.15, 0.2) is 10.9 Å². The number of thiocarbonyl (C=S) groups is 1. The zero-order valence-corrected chi connectivity index (χ0v) is 12.3. The van der Waals surface area contributed by atoms with Crippen molar-refractivity contribution in [2.24, 2.45) is 0 Å². The molecule has 0 spiro atoms. The van der Waals surface area contributed by atoms with Gasteiger partial charge in [0.05, 0.1) is 22.5 Å². The highest BCUT2D eigenvalue weighted by atomic mass is 35.5. The van der Waals surface area contributed by atoms with Crippen LogP contribution in [0.4, 0.5) is 18.9 Å². The van der Waals surface area contributed by atoms with Gasteiger partial charge in [-0.3, -0.25) is 10.1 Å². The number of hydrogen-bond acceptors (Lipinski definition) is 3. The van der Waals surface area contributed by atoms with Crippen molar-refractivity contribution in [1.82, 2.24) is 5.32 Å². The predicted octanol–water partition coefficient (Wildman–Crippen LogP) is 4.08. The van der Waals surface area contributed by atoms with Gasteiger partial charge in [-0.15, -0.1) is 0 Å². The Balaban J connectivity index is 2.04.